The van der Waals surface area contributed by atoms with E-state index in [0.717, 1.165) is 28.4 Å². The van der Waals surface area contributed by atoms with E-state index in [0.29, 0.717) is 5.13 Å². The van der Waals surface area contributed by atoms with E-state index in [9.17, 15) is 4.79 Å². The lowest BCUT2D eigenvalue weighted by molar-refractivity contribution is 0.103. The predicted molar refractivity (Wildman–Crippen MR) is 79.2 cm³/mol. The molecule has 0 spiro atoms. The number of carbonyl (C=O) groups is 1. The molecule has 2 aromatic rings. The third kappa shape index (κ3) is 3.82. The van der Waals surface area contributed by atoms with E-state index in [1.165, 1.54) is 22.7 Å². The van der Waals surface area contributed by atoms with Gasteiger partial charge >= 0.3 is 0 Å². The lowest BCUT2D eigenvalue weighted by atomic mass is 10.3. The number of rotatable bonds is 5. The standard InChI is InChI=1S/C12H16N4OS2/c1-8-5-7-18-10(8)11(17)13-12-15-14-9(19-12)4-6-16(2)3/h5,7H,4,6H2,1-3H3,(H,13,15,17). The van der Waals surface area contributed by atoms with E-state index < -0.39 is 0 Å². The second kappa shape index (κ2) is 6.23. The highest BCUT2D eigenvalue weighted by molar-refractivity contribution is 7.15. The zero-order valence-corrected chi connectivity index (χ0v) is 12.8. The molecule has 0 unspecified atom stereocenters. The van der Waals surface area contributed by atoms with Crippen molar-refractivity contribution in [3.8, 4) is 0 Å². The largest absolute Gasteiger partial charge is 0.309 e. The van der Waals surface area contributed by atoms with Crippen LogP contribution in [0.25, 0.3) is 0 Å². The Bertz CT molecular complexity index is 562. The van der Waals surface area contributed by atoms with Crippen LogP contribution in [0.15, 0.2) is 11.4 Å². The maximum Gasteiger partial charge on any atom is 0.267 e. The van der Waals surface area contributed by atoms with Crippen LogP contribution in [0.1, 0.15) is 20.2 Å². The molecule has 2 heterocycles. The highest BCUT2D eigenvalue weighted by Gasteiger charge is 2.13. The molecule has 1 amide bonds. The Morgan fingerprint density at radius 2 is 2.21 bits per heavy atom. The fraction of sp³-hybridized carbons (Fsp3) is 0.417. The van der Waals surface area contributed by atoms with Crippen molar-refractivity contribution in [2.24, 2.45) is 0 Å². The Morgan fingerprint density at radius 1 is 1.42 bits per heavy atom. The fourth-order valence-corrected chi connectivity index (χ4v) is 3.03. The van der Waals surface area contributed by atoms with Gasteiger partial charge in [0, 0.05) is 13.0 Å². The summed E-state index contributed by atoms with van der Waals surface area (Å²) >= 11 is 2.87. The van der Waals surface area contributed by atoms with Gasteiger partial charge in [0.15, 0.2) is 0 Å². The molecule has 0 saturated carbocycles. The Morgan fingerprint density at radius 3 is 2.84 bits per heavy atom. The number of nitrogens with zero attached hydrogens (tertiary/aromatic N) is 3. The summed E-state index contributed by atoms with van der Waals surface area (Å²) < 4.78 is 0. The number of nitrogens with one attached hydrogen (secondary N) is 1. The maximum atomic E-state index is 12.0. The van der Waals surface area contributed by atoms with Crippen molar-refractivity contribution in [3.63, 3.8) is 0 Å². The van der Waals surface area contributed by atoms with E-state index in [2.05, 4.69) is 20.4 Å². The van der Waals surface area contributed by atoms with Crippen molar-refractivity contribution in [1.29, 1.82) is 0 Å². The quantitative estimate of drug-likeness (QED) is 0.919. The van der Waals surface area contributed by atoms with Crippen LogP contribution < -0.4 is 5.32 Å². The zero-order chi connectivity index (χ0) is 13.8. The first kappa shape index (κ1) is 14.1. The normalized spacial score (nSPS) is 10.9. The minimum atomic E-state index is -0.109. The first-order valence-corrected chi connectivity index (χ1v) is 7.58. The molecule has 5 nitrogen and oxygen atoms in total. The minimum absolute atomic E-state index is 0.109. The molecule has 0 aliphatic heterocycles. The second-order valence-corrected chi connectivity index (χ2v) is 6.42. The fourth-order valence-electron chi connectivity index (χ4n) is 1.48. The van der Waals surface area contributed by atoms with Crippen molar-refractivity contribution in [2.45, 2.75) is 13.3 Å². The summed E-state index contributed by atoms with van der Waals surface area (Å²) in [6.07, 6.45) is 0.846. The van der Waals surface area contributed by atoms with E-state index in [4.69, 9.17) is 0 Å². The van der Waals surface area contributed by atoms with Gasteiger partial charge in [0.25, 0.3) is 5.91 Å². The van der Waals surface area contributed by atoms with Gasteiger partial charge in [-0.05, 0) is 38.0 Å². The Kier molecular flexibility index (Phi) is 4.62. The van der Waals surface area contributed by atoms with E-state index in [1.54, 1.807) is 0 Å². The van der Waals surface area contributed by atoms with Gasteiger partial charge in [0.2, 0.25) is 5.13 Å². The van der Waals surface area contributed by atoms with E-state index in [1.807, 2.05) is 32.5 Å². The molecule has 0 radical (unpaired) electrons. The summed E-state index contributed by atoms with van der Waals surface area (Å²) in [7, 11) is 4.03. The first-order chi connectivity index (χ1) is 9.06. The van der Waals surface area contributed by atoms with Gasteiger partial charge in [-0.1, -0.05) is 11.3 Å². The third-order valence-electron chi connectivity index (χ3n) is 2.53. The number of thiophene rings is 1. The molecule has 0 atom stereocenters. The summed E-state index contributed by atoms with van der Waals surface area (Å²) in [5.74, 6) is -0.109. The van der Waals surface area contributed by atoms with Crippen molar-refractivity contribution in [2.75, 3.05) is 26.0 Å². The molecule has 0 saturated heterocycles. The first-order valence-electron chi connectivity index (χ1n) is 5.89. The van der Waals surface area contributed by atoms with Gasteiger partial charge in [-0.25, -0.2) is 0 Å². The maximum absolute atomic E-state index is 12.0. The number of aromatic nitrogens is 2. The summed E-state index contributed by atoms with van der Waals surface area (Å²) in [5, 5.41) is 14.3. The van der Waals surface area contributed by atoms with Crippen LogP contribution in [0, 0.1) is 6.92 Å². The van der Waals surface area contributed by atoms with E-state index in [-0.39, 0.29) is 5.91 Å². The minimum Gasteiger partial charge on any atom is -0.309 e. The molecule has 0 bridgehead atoms. The van der Waals surface area contributed by atoms with Crippen molar-refractivity contribution in [1.82, 2.24) is 15.1 Å². The molecule has 0 aliphatic carbocycles. The van der Waals surface area contributed by atoms with Gasteiger partial charge in [-0.15, -0.1) is 21.5 Å². The monoisotopic (exact) mass is 296 g/mol. The number of aryl methyl sites for hydroxylation is 1. The summed E-state index contributed by atoms with van der Waals surface area (Å²) in [6.45, 7) is 2.85. The molecular formula is C12H16N4OS2. The third-order valence-corrected chi connectivity index (χ3v) is 4.44. The lowest BCUT2D eigenvalue weighted by Crippen LogP contribution is -2.14. The molecular weight excluding hydrogens is 280 g/mol. The summed E-state index contributed by atoms with van der Waals surface area (Å²) in [5.41, 5.74) is 0.986. The highest BCUT2D eigenvalue weighted by Crippen LogP contribution is 2.20. The topological polar surface area (TPSA) is 58.1 Å². The molecule has 1 N–H and O–H groups in total. The molecule has 2 rings (SSSR count). The number of anilines is 1. The van der Waals surface area contributed by atoms with Crippen LogP contribution >= 0.6 is 22.7 Å². The second-order valence-electron chi connectivity index (χ2n) is 4.44. The van der Waals surface area contributed by atoms with Gasteiger partial charge in [-0.3, -0.25) is 10.1 Å². The smallest absolute Gasteiger partial charge is 0.267 e. The number of carbonyl (C=O) groups excluding carboxylic acids is 1. The number of hydrogen-bond acceptors (Lipinski definition) is 6. The SMILES string of the molecule is Cc1ccsc1C(=O)Nc1nnc(CCN(C)C)s1. The van der Waals surface area contributed by atoms with Gasteiger partial charge in [0.05, 0.1) is 4.88 Å². The molecule has 0 fully saturated rings. The average molecular weight is 296 g/mol. The number of likely N-dealkylation sites (N-methyl/N-ethyl adjacent to an activating group) is 1. The molecule has 19 heavy (non-hydrogen) atoms. The highest BCUT2D eigenvalue weighted by atomic mass is 32.1. The summed E-state index contributed by atoms with van der Waals surface area (Å²) in [4.78, 5) is 14.8. The van der Waals surface area contributed by atoms with Crippen LogP contribution in [0.4, 0.5) is 5.13 Å². The van der Waals surface area contributed by atoms with Gasteiger partial charge < -0.3 is 4.90 Å². The average Bonchev–Trinajstić information content (AvgIpc) is 2.95. The number of hydrogen-bond donors (Lipinski definition) is 1. The molecule has 0 aliphatic rings. The molecule has 102 valence electrons. The Balaban J connectivity index is 1.96. The molecule has 2 aromatic heterocycles. The van der Waals surface area contributed by atoms with Crippen LogP contribution in [-0.2, 0) is 6.42 Å². The zero-order valence-electron chi connectivity index (χ0n) is 11.1. The van der Waals surface area contributed by atoms with Gasteiger partial charge in [0.1, 0.15) is 5.01 Å². The molecule has 0 aromatic carbocycles. The van der Waals surface area contributed by atoms with Crippen LogP contribution in [0.3, 0.4) is 0 Å². The van der Waals surface area contributed by atoms with Crippen molar-refractivity contribution >= 4 is 33.7 Å². The van der Waals surface area contributed by atoms with Crippen LogP contribution in [0.2, 0.25) is 0 Å². The predicted octanol–water partition coefficient (Wildman–Crippen LogP) is 2.26. The number of amides is 1. The van der Waals surface area contributed by atoms with Crippen molar-refractivity contribution < 1.29 is 4.79 Å². The van der Waals surface area contributed by atoms with Crippen molar-refractivity contribution in [3.05, 3.63) is 26.9 Å². The Hall–Kier alpha value is -1.31. The van der Waals surface area contributed by atoms with E-state index >= 15 is 0 Å². The lowest BCUT2D eigenvalue weighted by Gasteiger charge is -2.05. The van der Waals surface area contributed by atoms with Crippen LogP contribution in [-0.4, -0.2) is 41.6 Å². The summed E-state index contributed by atoms with van der Waals surface area (Å²) in [6, 6.07) is 1.93. The van der Waals surface area contributed by atoms with Gasteiger partial charge in [-0.2, -0.15) is 0 Å². The Labute approximate surface area is 120 Å². The van der Waals surface area contributed by atoms with Crippen LogP contribution in [0.5, 0.6) is 0 Å². The molecule has 7 heteroatoms.